The Bertz CT molecular complexity index is 1450. The molecule has 0 aromatic heterocycles. The van der Waals surface area contributed by atoms with Gasteiger partial charge in [-0.15, -0.1) is 0 Å². The molecule has 4 saturated heterocycles. The molecule has 2 bridgehead atoms. The third-order valence-electron chi connectivity index (χ3n) is 9.18. The fraction of sp³-hybridized carbons (Fsp3) is 0.400. The molecule has 1 unspecified atom stereocenters. The van der Waals surface area contributed by atoms with Gasteiger partial charge in [-0.2, -0.15) is 0 Å². The van der Waals surface area contributed by atoms with Crippen molar-refractivity contribution in [2.24, 2.45) is 5.92 Å². The Morgan fingerprint density at radius 2 is 1.64 bits per heavy atom. The van der Waals surface area contributed by atoms with Gasteiger partial charge in [-0.1, -0.05) is 54.6 Å². The summed E-state index contributed by atoms with van der Waals surface area (Å²) in [6, 6.07) is 23.2. The van der Waals surface area contributed by atoms with Crippen molar-refractivity contribution >= 4 is 18.0 Å². The van der Waals surface area contributed by atoms with Crippen LogP contribution in [0.3, 0.4) is 0 Å². The molecule has 1 amide bonds. The molecule has 9 nitrogen and oxygen atoms in total. The SMILES string of the molecule is O=C(N[C@@H](c1ccccc1)c1cccc(C(=O)Oc2ccc(CCN3CCCC3C(=O)O)cc2)c1)O[C@H]1CN2CCC1CC2. The molecule has 4 aliphatic heterocycles. The highest BCUT2D eigenvalue weighted by molar-refractivity contribution is 5.91. The summed E-state index contributed by atoms with van der Waals surface area (Å²) >= 11 is 0. The molecule has 7 rings (SSSR count). The van der Waals surface area contributed by atoms with Gasteiger partial charge >= 0.3 is 18.0 Å². The minimum Gasteiger partial charge on any atom is -0.480 e. The standard InChI is InChI=1S/C35H39N3O6/c39-33(40)30-10-5-18-38(30)21-15-24-11-13-29(14-12-24)43-34(41)28-9-4-8-27(22-28)32(26-6-2-1-3-7-26)36-35(42)44-31-23-37-19-16-25(31)17-20-37/h1-4,6-9,11-14,22,25,30-32H,5,10,15-21,23H2,(H,36,42)(H,39,40)/t30?,31-,32-/m0/s1. The molecule has 3 aromatic rings. The Kier molecular flexibility index (Phi) is 9.23. The van der Waals surface area contributed by atoms with E-state index in [1.54, 1.807) is 30.3 Å². The number of benzene rings is 3. The third-order valence-corrected chi connectivity index (χ3v) is 9.18. The van der Waals surface area contributed by atoms with Crippen molar-refractivity contribution in [3.05, 3.63) is 101 Å². The van der Waals surface area contributed by atoms with Crippen LogP contribution in [0.15, 0.2) is 78.9 Å². The van der Waals surface area contributed by atoms with Gasteiger partial charge in [0, 0.05) is 13.1 Å². The molecule has 4 fully saturated rings. The maximum Gasteiger partial charge on any atom is 0.408 e. The van der Waals surface area contributed by atoms with Crippen LogP contribution in [0.25, 0.3) is 0 Å². The Morgan fingerprint density at radius 3 is 2.34 bits per heavy atom. The molecule has 4 heterocycles. The number of piperidine rings is 3. The van der Waals surface area contributed by atoms with Gasteiger partial charge in [-0.05, 0) is 98.6 Å². The molecular weight excluding hydrogens is 558 g/mol. The van der Waals surface area contributed by atoms with Crippen molar-refractivity contribution in [3.8, 4) is 5.75 Å². The second-order valence-corrected chi connectivity index (χ2v) is 12.0. The maximum absolute atomic E-state index is 13.2. The highest BCUT2D eigenvalue weighted by Crippen LogP contribution is 2.30. The van der Waals surface area contributed by atoms with E-state index in [-0.39, 0.29) is 6.10 Å². The van der Waals surface area contributed by atoms with Crippen LogP contribution in [-0.4, -0.2) is 77.8 Å². The molecule has 230 valence electrons. The Labute approximate surface area is 257 Å². The number of carbonyl (C=O) groups excluding carboxylic acids is 2. The van der Waals surface area contributed by atoms with Gasteiger partial charge in [0.1, 0.15) is 17.9 Å². The van der Waals surface area contributed by atoms with Gasteiger partial charge in [0.15, 0.2) is 0 Å². The van der Waals surface area contributed by atoms with Crippen LogP contribution in [0.2, 0.25) is 0 Å². The normalized spacial score (nSPS) is 23.5. The summed E-state index contributed by atoms with van der Waals surface area (Å²) in [5.41, 5.74) is 3.04. The first kappa shape index (κ1) is 29.8. The van der Waals surface area contributed by atoms with E-state index in [9.17, 15) is 19.5 Å². The first-order valence-electron chi connectivity index (χ1n) is 15.6. The number of aliphatic carboxylic acids is 1. The minimum atomic E-state index is -0.760. The zero-order chi connectivity index (χ0) is 30.5. The smallest absolute Gasteiger partial charge is 0.408 e. The van der Waals surface area contributed by atoms with E-state index >= 15 is 0 Å². The van der Waals surface area contributed by atoms with Crippen LogP contribution in [-0.2, 0) is 16.0 Å². The molecule has 44 heavy (non-hydrogen) atoms. The van der Waals surface area contributed by atoms with Gasteiger partial charge in [0.2, 0.25) is 0 Å². The van der Waals surface area contributed by atoms with Gasteiger partial charge in [-0.3, -0.25) is 14.6 Å². The number of carboxylic acids is 1. The van der Waals surface area contributed by atoms with Crippen LogP contribution in [0, 0.1) is 5.92 Å². The van der Waals surface area contributed by atoms with Crippen molar-refractivity contribution in [2.45, 2.75) is 50.3 Å². The van der Waals surface area contributed by atoms with Gasteiger partial charge in [0.25, 0.3) is 0 Å². The number of carboxylic acid groups (broad SMARTS) is 1. The van der Waals surface area contributed by atoms with E-state index in [1.165, 1.54) is 0 Å². The minimum absolute atomic E-state index is 0.108. The highest BCUT2D eigenvalue weighted by atomic mass is 16.6. The topological polar surface area (TPSA) is 108 Å². The lowest BCUT2D eigenvalue weighted by molar-refractivity contribution is -0.142. The van der Waals surface area contributed by atoms with E-state index < -0.39 is 30.1 Å². The number of ether oxygens (including phenoxy) is 2. The number of nitrogens with zero attached hydrogens (tertiary/aromatic N) is 2. The number of fused-ring (bicyclic) bond motifs is 3. The summed E-state index contributed by atoms with van der Waals surface area (Å²) in [5, 5.41) is 12.5. The van der Waals surface area contributed by atoms with Crippen molar-refractivity contribution < 1.29 is 29.0 Å². The molecule has 2 N–H and O–H groups in total. The van der Waals surface area contributed by atoms with Crippen LogP contribution < -0.4 is 10.1 Å². The number of rotatable bonds is 10. The summed E-state index contributed by atoms with van der Waals surface area (Å²) in [5.74, 6) is -0.429. The second-order valence-electron chi connectivity index (χ2n) is 12.0. The van der Waals surface area contributed by atoms with Crippen LogP contribution in [0.1, 0.15) is 58.8 Å². The third kappa shape index (κ3) is 7.11. The summed E-state index contributed by atoms with van der Waals surface area (Å²) in [6.45, 7) is 4.39. The number of hydrogen-bond acceptors (Lipinski definition) is 7. The monoisotopic (exact) mass is 597 g/mol. The van der Waals surface area contributed by atoms with Crippen molar-refractivity contribution in [3.63, 3.8) is 0 Å². The first-order chi connectivity index (χ1) is 21.4. The average molecular weight is 598 g/mol. The summed E-state index contributed by atoms with van der Waals surface area (Å²) in [7, 11) is 0. The fourth-order valence-corrected chi connectivity index (χ4v) is 6.72. The summed E-state index contributed by atoms with van der Waals surface area (Å²) in [6.07, 6.45) is 3.85. The lowest BCUT2D eigenvalue weighted by Crippen LogP contribution is -2.52. The van der Waals surface area contributed by atoms with E-state index in [0.29, 0.717) is 30.2 Å². The molecule has 3 atom stereocenters. The number of esters is 1. The zero-order valence-corrected chi connectivity index (χ0v) is 24.8. The Balaban J connectivity index is 1.10. The number of likely N-dealkylation sites (tertiary alicyclic amines) is 1. The number of carbonyl (C=O) groups is 3. The summed E-state index contributed by atoms with van der Waals surface area (Å²) in [4.78, 5) is 42.1. The van der Waals surface area contributed by atoms with Crippen molar-refractivity contribution in [1.29, 1.82) is 0 Å². The number of amides is 1. The van der Waals surface area contributed by atoms with Crippen molar-refractivity contribution in [2.75, 3.05) is 32.7 Å². The quantitative estimate of drug-likeness (QED) is 0.251. The van der Waals surface area contributed by atoms with Gasteiger partial charge in [-0.25, -0.2) is 9.59 Å². The van der Waals surface area contributed by atoms with Gasteiger partial charge in [0.05, 0.1) is 11.6 Å². The van der Waals surface area contributed by atoms with E-state index in [1.807, 2.05) is 53.4 Å². The van der Waals surface area contributed by atoms with E-state index in [0.717, 1.165) is 68.6 Å². The van der Waals surface area contributed by atoms with Gasteiger partial charge < -0.3 is 19.9 Å². The van der Waals surface area contributed by atoms with Crippen LogP contribution in [0.5, 0.6) is 5.75 Å². The van der Waals surface area contributed by atoms with Crippen LogP contribution in [0.4, 0.5) is 4.79 Å². The molecular formula is C35H39N3O6. The largest absolute Gasteiger partial charge is 0.480 e. The predicted octanol–water partition coefficient (Wildman–Crippen LogP) is 4.91. The average Bonchev–Trinajstić information content (AvgIpc) is 3.54. The first-order valence-corrected chi connectivity index (χ1v) is 15.6. The molecule has 0 radical (unpaired) electrons. The molecule has 9 heteroatoms. The van der Waals surface area contributed by atoms with E-state index in [4.69, 9.17) is 9.47 Å². The zero-order valence-electron chi connectivity index (χ0n) is 24.8. The number of hydrogen-bond donors (Lipinski definition) is 2. The molecule has 0 aliphatic carbocycles. The lowest BCUT2D eigenvalue weighted by Gasteiger charge is -2.43. The second kappa shape index (κ2) is 13.6. The predicted molar refractivity (Wildman–Crippen MR) is 165 cm³/mol. The molecule has 0 spiro atoms. The molecule has 3 aromatic carbocycles. The maximum atomic E-state index is 13.2. The molecule has 0 saturated carbocycles. The van der Waals surface area contributed by atoms with Crippen molar-refractivity contribution in [1.82, 2.24) is 15.1 Å². The Morgan fingerprint density at radius 1 is 0.886 bits per heavy atom. The van der Waals surface area contributed by atoms with E-state index in [2.05, 4.69) is 10.2 Å². The van der Waals surface area contributed by atoms with Crippen LogP contribution >= 0.6 is 0 Å². The highest BCUT2D eigenvalue weighted by Gasteiger charge is 2.37. The summed E-state index contributed by atoms with van der Waals surface area (Å²) < 4.78 is 11.6. The molecule has 4 aliphatic rings. The lowest BCUT2D eigenvalue weighted by atomic mass is 9.86. The fourth-order valence-electron chi connectivity index (χ4n) is 6.72. The number of nitrogens with one attached hydrogen (secondary N) is 1. The number of alkyl carbamates (subject to hydrolysis) is 1. The Hall–Kier alpha value is -4.21.